The molecule has 0 bridgehead atoms. The summed E-state index contributed by atoms with van der Waals surface area (Å²) in [6.45, 7) is 0.239. The van der Waals surface area contributed by atoms with Gasteiger partial charge >= 0.3 is 0 Å². The number of halogens is 1. The summed E-state index contributed by atoms with van der Waals surface area (Å²) in [5.41, 5.74) is 1.45. The third-order valence-electron chi connectivity index (χ3n) is 4.56. The van der Waals surface area contributed by atoms with Crippen LogP contribution in [-0.2, 0) is 17.8 Å². The van der Waals surface area contributed by atoms with E-state index in [1.807, 2.05) is 46.3 Å². The standard InChI is InChI=1S/C23H22FN3O2S2/c24-21-11-5-4-7-17(21)14-29-15-19(28)16-31-23-26-25-22(13-20-10-6-12-30-20)27(23)18-8-2-1-3-9-18/h1-12,19,28H,13-16H2/t19-/m1/s1. The maximum Gasteiger partial charge on any atom is 0.195 e. The highest BCUT2D eigenvalue weighted by atomic mass is 32.2. The van der Waals surface area contributed by atoms with Gasteiger partial charge in [-0.25, -0.2) is 4.39 Å². The minimum Gasteiger partial charge on any atom is -0.390 e. The van der Waals surface area contributed by atoms with Crippen LogP contribution in [0.25, 0.3) is 5.69 Å². The number of hydrogen-bond acceptors (Lipinski definition) is 6. The summed E-state index contributed by atoms with van der Waals surface area (Å²) in [6, 6.07) is 20.5. The summed E-state index contributed by atoms with van der Waals surface area (Å²) in [6.07, 6.45) is -0.0209. The molecule has 4 aromatic rings. The van der Waals surface area contributed by atoms with Crippen molar-refractivity contribution in [2.24, 2.45) is 0 Å². The van der Waals surface area contributed by atoms with Crippen molar-refractivity contribution in [1.29, 1.82) is 0 Å². The molecule has 2 aromatic carbocycles. The Morgan fingerprint density at radius 1 is 1.03 bits per heavy atom. The van der Waals surface area contributed by atoms with Crippen LogP contribution in [0.15, 0.2) is 77.3 Å². The van der Waals surface area contributed by atoms with Crippen LogP contribution in [-0.4, -0.2) is 38.3 Å². The van der Waals surface area contributed by atoms with Gasteiger partial charge in [0.1, 0.15) is 11.6 Å². The number of para-hydroxylation sites is 1. The van der Waals surface area contributed by atoms with Crippen LogP contribution in [0.2, 0.25) is 0 Å². The lowest BCUT2D eigenvalue weighted by molar-refractivity contribution is 0.0386. The van der Waals surface area contributed by atoms with Crippen molar-refractivity contribution in [2.45, 2.75) is 24.3 Å². The van der Waals surface area contributed by atoms with Crippen LogP contribution in [0.4, 0.5) is 4.39 Å². The molecule has 1 N–H and O–H groups in total. The van der Waals surface area contributed by atoms with Crippen molar-refractivity contribution in [2.75, 3.05) is 12.4 Å². The first-order valence-electron chi connectivity index (χ1n) is 9.85. The fourth-order valence-electron chi connectivity index (χ4n) is 3.05. The Kier molecular flexibility index (Phi) is 7.48. The van der Waals surface area contributed by atoms with Gasteiger partial charge in [-0.2, -0.15) is 0 Å². The molecule has 0 radical (unpaired) electrons. The Labute approximate surface area is 188 Å². The molecular formula is C23H22FN3O2S2. The molecule has 2 aromatic heterocycles. The van der Waals surface area contributed by atoms with Gasteiger partial charge in [-0.3, -0.25) is 4.57 Å². The molecule has 31 heavy (non-hydrogen) atoms. The maximum absolute atomic E-state index is 13.7. The molecule has 4 rings (SSSR count). The van der Waals surface area contributed by atoms with Crippen LogP contribution < -0.4 is 0 Å². The number of aromatic nitrogens is 3. The summed E-state index contributed by atoms with van der Waals surface area (Å²) >= 11 is 3.11. The van der Waals surface area contributed by atoms with Gasteiger partial charge in [0, 0.05) is 28.3 Å². The quantitative estimate of drug-likeness (QED) is 0.351. The Balaban J connectivity index is 1.39. The number of thiophene rings is 1. The van der Waals surface area contributed by atoms with Crippen LogP contribution in [0, 0.1) is 5.82 Å². The number of rotatable bonds is 10. The molecule has 0 fully saturated rings. The Morgan fingerprint density at radius 3 is 2.61 bits per heavy atom. The van der Waals surface area contributed by atoms with Crippen LogP contribution in [0.3, 0.4) is 0 Å². The maximum atomic E-state index is 13.7. The molecule has 0 spiro atoms. The van der Waals surface area contributed by atoms with Gasteiger partial charge in [0.25, 0.3) is 0 Å². The molecule has 0 unspecified atom stereocenters. The molecule has 0 aliphatic heterocycles. The topological polar surface area (TPSA) is 60.2 Å². The second-order valence-electron chi connectivity index (χ2n) is 6.90. The van der Waals surface area contributed by atoms with E-state index in [1.54, 1.807) is 29.5 Å². The average Bonchev–Trinajstić information content (AvgIpc) is 3.44. The van der Waals surface area contributed by atoms with E-state index in [0.717, 1.165) is 11.5 Å². The molecule has 0 amide bonds. The van der Waals surface area contributed by atoms with Crippen LogP contribution >= 0.6 is 23.1 Å². The fourth-order valence-corrected chi connectivity index (χ4v) is 4.63. The van der Waals surface area contributed by atoms with Crippen molar-refractivity contribution >= 4 is 23.1 Å². The highest BCUT2D eigenvalue weighted by Crippen LogP contribution is 2.25. The van der Waals surface area contributed by atoms with Gasteiger partial charge < -0.3 is 9.84 Å². The van der Waals surface area contributed by atoms with Crippen molar-refractivity contribution < 1.29 is 14.2 Å². The molecule has 0 saturated heterocycles. The van der Waals surface area contributed by atoms with Gasteiger partial charge in [0.15, 0.2) is 5.16 Å². The molecule has 0 saturated carbocycles. The van der Waals surface area contributed by atoms with Gasteiger partial charge in [0.05, 0.1) is 19.3 Å². The lowest BCUT2D eigenvalue weighted by atomic mass is 10.2. The van der Waals surface area contributed by atoms with E-state index in [-0.39, 0.29) is 19.0 Å². The molecule has 5 nitrogen and oxygen atoms in total. The van der Waals surface area contributed by atoms with E-state index >= 15 is 0 Å². The molecule has 2 heterocycles. The molecule has 8 heteroatoms. The number of benzene rings is 2. The molecular weight excluding hydrogens is 433 g/mol. The second kappa shape index (κ2) is 10.7. The van der Waals surface area contributed by atoms with E-state index < -0.39 is 6.10 Å². The first-order chi connectivity index (χ1) is 15.2. The largest absolute Gasteiger partial charge is 0.390 e. The zero-order valence-corrected chi connectivity index (χ0v) is 18.4. The van der Waals surface area contributed by atoms with Crippen molar-refractivity contribution in [3.05, 3.63) is 94.2 Å². The number of hydrogen-bond donors (Lipinski definition) is 1. The zero-order chi connectivity index (χ0) is 21.5. The molecule has 160 valence electrons. The predicted molar refractivity (Wildman–Crippen MR) is 121 cm³/mol. The Hall–Kier alpha value is -2.52. The number of aliphatic hydroxyl groups is 1. The van der Waals surface area contributed by atoms with E-state index in [4.69, 9.17) is 4.74 Å². The zero-order valence-electron chi connectivity index (χ0n) is 16.7. The van der Waals surface area contributed by atoms with E-state index in [2.05, 4.69) is 16.3 Å². The highest BCUT2D eigenvalue weighted by Gasteiger charge is 2.17. The smallest absolute Gasteiger partial charge is 0.195 e. The number of ether oxygens (including phenoxy) is 1. The monoisotopic (exact) mass is 455 g/mol. The Morgan fingerprint density at radius 2 is 1.84 bits per heavy atom. The van der Waals surface area contributed by atoms with Crippen molar-refractivity contribution in [3.8, 4) is 5.69 Å². The second-order valence-corrected chi connectivity index (χ2v) is 8.92. The SMILES string of the molecule is O[C@H](COCc1ccccc1F)CSc1nnc(Cc2cccs2)n1-c1ccccc1. The number of aliphatic hydroxyl groups excluding tert-OH is 1. The summed E-state index contributed by atoms with van der Waals surface area (Å²) in [5, 5.41) is 21.9. The predicted octanol–water partition coefficient (Wildman–Crippen LogP) is 4.73. The van der Waals surface area contributed by atoms with Gasteiger partial charge in [-0.1, -0.05) is 54.2 Å². The van der Waals surface area contributed by atoms with Crippen LogP contribution in [0.5, 0.6) is 0 Å². The van der Waals surface area contributed by atoms with Crippen LogP contribution in [0.1, 0.15) is 16.3 Å². The summed E-state index contributed by atoms with van der Waals surface area (Å²) in [5.74, 6) is 0.934. The van der Waals surface area contributed by atoms with Crippen molar-refractivity contribution in [1.82, 2.24) is 14.8 Å². The van der Waals surface area contributed by atoms with Crippen molar-refractivity contribution in [3.63, 3.8) is 0 Å². The lowest BCUT2D eigenvalue weighted by Gasteiger charge is -2.13. The summed E-state index contributed by atoms with van der Waals surface area (Å²) in [4.78, 5) is 1.21. The summed E-state index contributed by atoms with van der Waals surface area (Å²) < 4.78 is 21.2. The van der Waals surface area contributed by atoms with Gasteiger partial charge in [0.2, 0.25) is 0 Å². The number of nitrogens with zero attached hydrogens (tertiary/aromatic N) is 3. The minimum absolute atomic E-state index is 0.114. The normalized spacial score (nSPS) is 12.2. The third-order valence-corrected chi connectivity index (χ3v) is 6.51. The fraction of sp³-hybridized carbons (Fsp3) is 0.217. The average molecular weight is 456 g/mol. The van der Waals surface area contributed by atoms with E-state index in [1.165, 1.54) is 22.7 Å². The highest BCUT2D eigenvalue weighted by molar-refractivity contribution is 7.99. The molecule has 0 aliphatic rings. The first-order valence-corrected chi connectivity index (χ1v) is 11.7. The number of thioether (sulfide) groups is 1. The van der Waals surface area contributed by atoms with Gasteiger partial charge in [-0.05, 0) is 29.6 Å². The van der Waals surface area contributed by atoms with Gasteiger partial charge in [-0.15, -0.1) is 21.5 Å². The van der Waals surface area contributed by atoms with E-state index in [9.17, 15) is 9.50 Å². The minimum atomic E-state index is -0.710. The third kappa shape index (κ3) is 5.80. The first kappa shape index (κ1) is 21.7. The molecule has 1 atom stereocenters. The summed E-state index contributed by atoms with van der Waals surface area (Å²) in [7, 11) is 0. The molecule has 0 aliphatic carbocycles. The van der Waals surface area contributed by atoms with E-state index in [0.29, 0.717) is 22.9 Å². The lowest BCUT2D eigenvalue weighted by Crippen LogP contribution is -2.18. The Bertz CT molecular complexity index is 1090.